The van der Waals surface area contributed by atoms with Gasteiger partial charge in [-0.25, -0.2) is 18.6 Å². The van der Waals surface area contributed by atoms with Gasteiger partial charge in [0.1, 0.15) is 16.6 Å². The van der Waals surface area contributed by atoms with Gasteiger partial charge < -0.3 is 24.3 Å². The number of benzene rings is 1. The maximum Gasteiger partial charge on any atom is 0.407 e. The van der Waals surface area contributed by atoms with E-state index < -0.39 is 24.2 Å². The van der Waals surface area contributed by atoms with Crippen LogP contribution in [0.3, 0.4) is 0 Å². The minimum Gasteiger partial charge on any atom is -0.465 e. The van der Waals surface area contributed by atoms with E-state index >= 15 is 0 Å². The zero-order valence-electron chi connectivity index (χ0n) is 18.5. The Kier molecular flexibility index (Phi) is 5.69. The molecular formula is C22H24F2N4O5S. The molecule has 0 aliphatic carbocycles. The number of hydrogen-bond donors (Lipinski definition) is 2. The Morgan fingerprint density at radius 3 is 2.68 bits per heavy atom. The molecule has 12 heteroatoms. The summed E-state index contributed by atoms with van der Waals surface area (Å²) < 4.78 is 39.6. The molecule has 3 saturated heterocycles. The summed E-state index contributed by atoms with van der Waals surface area (Å²) in [5.74, 6) is 0. The average molecular weight is 495 g/mol. The van der Waals surface area contributed by atoms with Gasteiger partial charge in [-0.1, -0.05) is 6.07 Å². The third kappa shape index (κ3) is 4.10. The molecule has 2 bridgehead atoms. The summed E-state index contributed by atoms with van der Waals surface area (Å²) in [5, 5.41) is 21.8. The highest BCUT2D eigenvalue weighted by Gasteiger charge is 2.48. The number of piperidine rings is 1. The highest BCUT2D eigenvalue weighted by atomic mass is 32.1. The normalized spacial score (nSPS) is 21.2. The Morgan fingerprint density at radius 1 is 1.35 bits per heavy atom. The maximum atomic E-state index is 14.1. The second kappa shape index (κ2) is 8.43. The number of hydrogen-bond acceptors (Lipinski definition) is 8. The predicted octanol–water partition coefficient (Wildman–Crippen LogP) is 3.99. The third-order valence-electron chi connectivity index (χ3n) is 6.06. The summed E-state index contributed by atoms with van der Waals surface area (Å²) in [4.78, 5) is 23.6. The third-order valence-corrected chi connectivity index (χ3v) is 6.87. The predicted molar refractivity (Wildman–Crippen MR) is 120 cm³/mol. The number of aromatic nitrogens is 2. The molecule has 3 aliphatic heterocycles. The first-order valence-electron chi connectivity index (χ1n) is 10.8. The van der Waals surface area contributed by atoms with Crippen molar-refractivity contribution in [1.29, 1.82) is 0 Å². The van der Waals surface area contributed by atoms with Gasteiger partial charge in [0.15, 0.2) is 5.58 Å². The number of nitrogens with zero attached hydrogens (tertiary/aromatic N) is 4. The number of piperazine rings is 1. The first kappa shape index (κ1) is 22.9. The van der Waals surface area contributed by atoms with Gasteiger partial charge in [0.2, 0.25) is 0 Å². The number of aliphatic hydroxyl groups is 1. The van der Waals surface area contributed by atoms with Gasteiger partial charge >= 0.3 is 6.09 Å². The number of ether oxygens (including phenoxy) is 1. The lowest BCUT2D eigenvalue weighted by atomic mass is 9.88. The fourth-order valence-electron chi connectivity index (χ4n) is 4.57. The second-order valence-corrected chi connectivity index (χ2v) is 10.1. The standard InChI is InChI=1S/C22H24F2N4O5S/c1-22(2,31)10-32-17(18(23)24)13-3-4-14(19-25-5-6-34-19)16-15(13)26-20(33-16)27-8-11-7-12(9-27)28(11)21(29)30/h3-6,11-12,17-18,31H,7-10H2,1-2H3,(H,29,30). The molecule has 2 aromatic heterocycles. The highest BCUT2D eigenvalue weighted by molar-refractivity contribution is 7.13. The molecule has 3 fully saturated rings. The van der Waals surface area contributed by atoms with E-state index in [1.807, 2.05) is 4.90 Å². The molecule has 0 saturated carbocycles. The smallest absolute Gasteiger partial charge is 0.407 e. The topological polar surface area (TPSA) is 112 Å². The maximum absolute atomic E-state index is 14.1. The van der Waals surface area contributed by atoms with Crippen molar-refractivity contribution in [2.45, 2.75) is 50.5 Å². The molecule has 34 heavy (non-hydrogen) atoms. The molecule has 3 aromatic rings. The van der Waals surface area contributed by atoms with Crippen LogP contribution in [0.25, 0.3) is 21.7 Å². The summed E-state index contributed by atoms with van der Waals surface area (Å²) in [7, 11) is 0. The van der Waals surface area contributed by atoms with Gasteiger partial charge in [-0.3, -0.25) is 4.90 Å². The number of carboxylic acid groups (broad SMARTS) is 1. The number of thiazole rings is 1. The van der Waals surface area contributed by atoms with Crippen LogP contribution in [-0.2, 0) is 4.74 Å². The Hall–Kier alpha value is -2.83. The van der Waals surface area contributed by atoms with Crippen LogP contribution in [-0.4, -0.2) is 75.0 Å². The zero-order valence-corrected chi connectivity index (χ0v) is 19.3. The van der Waals surface area contributed by atoms with Crippen molar-refractivity contribution >= 4 is 34.5 Å². The van der Waals surface area contributed by atoms with Crippen LogP contribution in [0.2, 0.25) is 0 Å². The van der Waals surface area contributed by atoms with Crippen LogP contribution in [0.1, 0.15) is 31.9 Å². The molecule has 3 aliphatic rings. The fourth-order valence-corrected chi connectivity index (χ4v) is 5.23. The van der Waals surface area contributed by atoms with E-state index in [1.165, 1.54) is 36.2 Å². The first-order valence-corrected chi connectivity index (χ1v) is 11.7. The van der Waals surface area contributed by atoms with Crippen molar-refractivity contribution in [3.8, 4) is 10.6 Å². The molecule has 2 N–H and O–H groups in total. The molecule has 5 heterocycles. The van der Waals surface area contributed by atoms with Crippen LogP contribution in [0, 0.1) is 0 Å². The first-order chi connectivity index (χ1) is 16.1. The molecule has 6 rings (SSSR count). The Labute approximate surface area is 197 Å². The molecule has 9 nitrogen and oxygen atoms in total. The van der Waals surface area contributed by atoms with E-state index in [4.69, 9.17) is 9.15 Å². The quantitative estimate of drug-likeness (QED) is 0.507. The van der Waals surface area contributed by atoms with E-state index in [2.05, 4.69) is 9.97 Å². The lowest BCUT2D eigenvalue weighted by Gasteiger charge is -2.54. The molecule has 1 amide bonds. The van der Waals surface area contributed by atoms with E-state index in [1.54, 1.807) is 17.6 Å². The van der Waals surface area contributed by atoms with E-state index in [0.717, 1.165) is 6.42 Å². The van der Waals surface area contributed by atoms with Crippen molar-refractivity contribution in [1.82, 2.24) is 14.9 Å². The van der Waals surface area contributed by atoms with Crippen molar-refractivity contribution < 1.29 is 32.9 Å². The number of oxazole rings is 1. The molecule has 1 aromatic carbocycles. The zero-order chi connectivity index (χ0) is 24.2. The SMILES string of the molecule is CC(C)(O)COC(c1ccc(-c2nccs2)c2oc(N3CC4CC(C3)N4C(=O)O)nc12)C(F)F. The van der Waals surface area contributed by atoms with Gasteiger partial charge in [0.05, 0.1) is 29.9 Å². The van der Waals surface area contributed by atoms with Crippen LogP contribution in [0.4, 0.5) is 19.6 Å². The van der Waals surface area contributed by atoms with Crippen molar-refractivity contribution in [3.63, 3.8) is 0 Å². The number of fused-ring (bicyclic) bond motifs is 3. The van der Waals surface area contributed by atoms with Crippen molar-refractivity contribution in [2.75, 3.05) is 24.6 Å². The van der Waals surface area contributed by atoms with Crippen molar-refractivity contribution in [2.24, 2.45) is 0 Å². The van der Waals surface area contributed by atoms with Gasteiger partial charge in [-0.05, 0) is 26.3 Å². The van der Waals surface area contributed by atoms with Crippen LogP contribution >= 0.6 is 11.3 Å². The lowest BCUT2D eigenvalue weighted by Crippen LogP contribution is -2.70. The fraction of sp³-hybridized carbons (Fsp3) is 0.500. The van der Waals surface area contributed by atoms with Crippen molar-refractivity contribution in [3.05, 3.63) is 29.3 Å². The van der Waals surface area contributed by atoms with E-state index in [9.17, 15) is 23.8 Å². The number of carbonyl (C=O) groups is 1. The molecular weight excluding hydrogens is 470 g/mol. The summed E-state index contributed by atoms with van der Waals surface area (Å²) in [6.45, 7) is 3.49. The second-order valence-electron chi connectivity index (χ2n) is 9.23. The van der Waals surface area contributed by atoms with Crippen LogP contribution in [0.5, 0.6) is 0 Å². The summed E-state index contributed by atoms with van der Waals surface area (Å²) in [5.41, 5.74) is 0.0380. The van der Waals surface area contributed by atoms with Gasteiger partial charge in [0, 0.05) is 30.2 Å². The Balaban J connectivity index is 1.55. The minimum atomic E-state index is -2.86. The number of amides is 1. The molecule has 182 valence electrons. The Morgan fingerprint density at radius 2 is 2.09 bits per heavy atom. The lowest BCUT2D eigenvalue weighted by molar-refractivity contribution is -0.104. The number of halogens is 2. The summed E-state index contributed by atoms with van der Waals surface area (Å²) >= 11 is 1.38. The Bertz CT molecular complexity index is 1180. The molecule has 0 spiro atoms. The summed E-state index contributed by atoms with van der Waals surface area (Å²) in [6.07, 6.45) is -3.01. The number of rotatable bonds is 7. The van der Waals surface area contributed by atoms with E-state index in [0.29, 0.717) is 29.2 Å². The monoisotopic (exact) mass is 494 g/mol. The van der Waals surface area contributed by atoms with E-state index in [-0.39, 0.29) is 35.8 Å². The number of anilines is 1. The summed E-state index contributed by atoms with van der Waals surface area (Å²) in [6, 6.07) is 3.12. The number of alkyl halides is 2. The molecule has 3 atom stereocenters. The molecule has 0 radical (unpaired) electrons. The van der Waals surface area contributed by atoms with Gasteiger partial charge in [0.25, 0.3) is 12.4 Å². The largest absolute Gasteiger partial charge is 0.465 e. The minimum absolute atomic E-state index is 0.152. The molecule has 3 unspecified atom stereocenters. The average Bonchev–Trinajstić information content (AvgIpc) is 3.43. The van der Waals surface area contributed by atoms with Crippen LogP contribution < -0.4 is 4.90 Å². The van der Waals surface area contributed by atoms with Gasteiger partial charge in [-0.15, -0.1) is 11.3 Å². The van der Waals surface area contributed by atoms with Crippen LogP contribution in [0.15, 0.2) is 28.1 Å². The highest BCUT2D eigenvalue weighted by Crippen LogP contribution is 2.41. The van der Waals surface area contributed by atoms with Gasteiger partial charge in [-0.2, -0.15) is 4.98 Å².